The number of nitrogens with one attached hydrogen (secondary N) is 2. The molecule has 3 saturated carbocycles. The topological polar surface area (TPSA) is 164 Å². The molecule has 0 spiro atoms. The molecule has 2 aromatic carbocycles. The Hall–Kier alpha value is -2.82. The predicted octanol–water partition coefficient (Wildman–Crippen LogP) is 3.03. The van der Waals surface area contributed by atoms with Gasteiger partial charge in [0.05, 0.1) is 31.6 Å². The Labute approximate surface area is 328 Å². The van der Waals surface area contributed by atoms with Crippen LogP contribution < -0.4 is 20.3 Å². The first-order chi connectivity index (χ1) is 25.7. The second-order valence-electron chi connectivity index (χ2n) is 17.3. The second kappa shape index (κ2) is 17.4. The number of hydrogen-bond donors (Lipinski definition) is 5. The number of aliphatic hydroxyl groups excluding tert-OH is 3. The van der Waals surface area contributed by atoms with Crippen molar-refractivity contribution in [2.24, 2.45) is 29.1 Å². The molecule has 3 aliphatic carbocycles. The Morgan fingerprint density at radius 3 is 2.40 bits per heavy atom. The lowest BCUT2D eigenvalue weighted by Gasteiger charge is -2.62. The third-order valence-corrected chi connectivity index (χ3v) is 13.3. The lowest BCUT2D eigenvalue weighted by atomic mass is 9.45. The molecule has 4 fully saturated rings. The number of rotatable bonds is 17. The van der Waals surface area contributed by atoms with Gasteiger partial charge in [-0.25, -0.2) is 8.42 Å². The molecule has 1 aliphatic heterocycles. The van der Waals surface area contributed by atoms with Gasteiger partial charge in [0.15, 0.2) is 0 Å². The summed E-state index contributed by atoms with van der Waals surface area (Å²) in [4.78, 5) is 24.4. The van der Waals surface area contributed by atoms with Gasteiger partial charge < -0.3 is 35.2 Å². The summed E-state index contributed by atoms with van der Waals surface area (Å²) in [7, 11) is 4.20. The fourth-order valence-electron chi connectivity index (χ4n) is 9.39. The van der Waals surface area contributed by atoms with E-state index in [-0.39, 0.29) is 36.3 Å². The highest BCUT2D eigenvalue weighted by atomic mass is 32.2. The van der Waals surface area contributed by atoms with Crippen LogP contribution in [0.2, 0.25) is 0 Å². The smallest absolute Gasteiger partial charge is 0.240 e. The number of fused-ring (bicyclic) bond motifs is 2. The molecule has 0 aromatic heterocycles. The summed E-state index contributed by atoms with van der Waals surface area (Å²) in [5.41, 5.74) is 3.89. The third-order valence-electron chi connectivity index (χ3n) is 12.3. The summed E-state index contributed by atoms with van der Waals surface area (Å²) in [5.74, 6) is 0.957. The number of carbonyl (C=O) groups excluding carboxylic acids is 1. The zero-order valence-corrected chi connectivity index (χ0v) is 35.1. The molecule has 55 heavy (non-hydrogen) atoms. The number of likely N-dealkylation sites (N-methyl/N-ethyl adjacent to an activating group) is 1. The number of hydrogen-bond acceptors (Lipinski definition) is 12. The van der Waals surface area contributed by atoms with Crippen molar-refractivity contribution in [3.8, 4) is 16.9 Å². The molecule has 2 bridgehead atoms. The molecule has 1 heterocycles. The van der Waals surface area contributed by atoms with E-state index in [9.17, 15) is 28.5 Å². The molecule has 308 valence electrons. The highest BCUT2D eigenvalue weighted by molar-refractivity contribution is 7.90. The van der Waals surface area contributed by atoms with Crippen molar-refractivity contribution >= 4 is 21.4 Å². The second-order valence-corrected chi connectivity index (χ2v) is 19.5. The standard InChI is InChI=1S/C41H65N5O8S/c1-11-53-38-26(20-46-37(36(25(3)48)35(22-47)54-46)40(50)43-34-19-29-18-33(24(34)2)41(29,4)5)13-12-14-32(38)27-15-28(17-31(16-27)45(8)9)39(49)42-30(21-44(6)7)23-55(10,51)52/h12-17,24-25,29-30,33-37,39,42,47-49H,11,18-23H2,1-10H3,(H,43,50)/t24-,25-,29-,30+,33+,34-,35-,36+,37-,39?/m0/s1. The molecule has 10 atom stereocenters. The van der Waals surface area contributed by atoms with Crippen LogP contribution in [-0.2, 0) is 26.0 Å². The maximum Gasteiger partial charge on any atom is 0.240 e. The van der Waals surface area contributed by atoms with Gasteiger partial charge in [0.1, 0.15) is 34.0 Å². The Balaban J connectivity index is 1.47. The third kappa shape index (κ3) is 9.66. The lowest BCUT2D eigenvalue weighted by molar-refractivity contribution is -0.183. The fraction of sp³-hybridized carbons (Fsp3) is 0.683. The summed E-state index contributed by atoms with van der Waals surface area (Å²) in [6.45, 7) is 10.9. The minimum absolute atomic E-state index is 0.0174. The maximum absolute atomic E-state index is 14.3. The van der Waals surface area contributed by atoms with E-state index in [2.05, 4.69) is 31.4 Å². The van der Waals surface area contributed by atoms with Gasteiger partial charge in [0.25, 0.3) is 0 Å². The van der Waals surface area contributed by atoms with E-state index in [0.29, 0.717) is 42.2 Å². The van der Waals surface area contributed by atoms with Crippen molar-refractivity contribution in [1.82, 2.24) is 20.6 Å². The van der Waals surface area contributed by atoms with E-state index in [1.54, 1.807) is 12.0 Å². The fourth-order valence-corrected chi connectivity index (χ4v) is 10.3. The van der Waals surface area contributed by atoms with Gasteiger partial charge in [-0.3, -0.25) is 14.9 Å². The molecule has 4 aliphatic rings. The SMILES string of the molecule is CCOc1c(CN2O[C@@H](CO)[C@@H]([C@H](C)O)[C@H]2C(=O)N[C@H]2C[C@@H]3C[C@H]([C@@H]2C)C3(C)C)cccc1-c1cc(C(O)N[C@H](CN(C)C)CS(C)(=O)=O)cc(N(C)C)c1. The Kier molecular flexibility index (Phi) is 13.7. The molecule has 14 heteroatoms. The summed E-state index contributed by atoms with van der Waals surface area (Å²) in [6, 6.07) is 10.1. The van der Waals surface area contributed by atoms with E-state index in [1.807, 2.05) is 81.3 Å². The first-order valence-electron chi connectivity index (χ1n) is 19.6. The van der Waals surface area contributed by atoms with Crippen LogP contribution >= 0.6 is 0 Å². The number of sulfone groups is 1. The van der Waals surface area contributed by atoms with Crippen molar-refractivity contribution in [2.45, 2.75) is 90.6 Å². The van der Waals surface area contributed by atoms with Crippen molar-refractivity contribution in [1.29, 1.82) is 0 Å². The lowest BCUT2D eigenvalue weighted by Crippen LogP contribution is -2.62. The number of anilines is 1. The molecule has 1 unspecified atom stereocenters. The van der Waals surface area contributed by atoms with Gasteiger partial charge in [-0.05, 0) is 93.3 Å². The van der Waals surface area contributed by atoms with Gasteiger partial charge >= 0.3 is 0 Å². The van der Waals surface area contributed by atoms with Crippen LogP contribution in [0.25, 0.3) is 11.1 Å². The number of nitrogens with zero attached hydrogens (tertiary/aromatic N) is 3. The van der Waals surface area contributed by atoms with Crippen LogP contribution in [-0.4, -0.2) is 130 Å². The van der Waals surface area contributed by atoms with E-state index < -0.39 is 46.3 Å². The Morgan fingerprint density at radius 2 is 1.84 bits per heavy atom. The molecular weight excluding hydrogens is 723 g/mol. The molecule has 13 nitrogen and oxygen atoms in total. The monoisotopic (exact) mass is 787 g/mol. The Bertz CT molecular complexity index is 1750. The summed E-state index contributed by atoms with van der Waals surface area (Å²) in [6.07, 6.45) is 0.417. The number of para-hydroxylation sites is 1. The van der Waals surface area contributed by atoms with Crippen LogP contribution in [0.1, 0.15) is 64.8 Å². The van der Waals surface area contributed by atoms with E-state index in [0.717, 1.165) is 28.8 Å². The van der Waals surface area contributed by atoms with Gasteiger partial charge in [-0.15, -0.1) is 0 Å². The molecule has 5 N–H and O–H groups in total. The van der Waals surface area contributed by atoms with Crippen molar-refractivity contribution < 1.29 is 38.1 Å². The Morgan fingerprint density at radius 1 is 1.13 bits per heavy atom. The van der Waals surface area contributed by atoms with Gasteiger partial charge in [-0.2, -0.15) is 5.06 Å². The van der Waals surface area contributed by atoms with Crippen LogP contribution in [0, 0.1) is 29.1 Å². The van der Waals surface area contributed by atoms with E-state index in [1.165, 1.54) is 12.7 Å². The van der Waals surface area contributed by atoms with E-state index >= 15 is 0 Å². The quantitative estimate of drug-likeness (QED) is 0.149. The molecular formula is C41H65N5O8S. The van der Waals surface area contributed by atoms with E-state index in [4.69, 9.17) is 9.57 Å². The first kappa shape index (κ1) is 43.3. The van der Waals surface area contributed by atoms with Gasteiger partial charge in [-0.1, -0.05) is 39.0 Å². The number of benzene rings is 2. The van der Waals surface area contributed by atoms with Gasteiger partial charge in [0.2, 0.25) is 5.91 Å². The average molecular weight is 788 g/mol. The number of carbonyl (C=O) groups is 1. The van der Waals surface area contributed by atoms with Crippen LogP contribution in [0.4, 0.5) is 5.69 Å². The highest BCUT2D eigenvalue weighted by Crippen LogP contribution is 2.61. The van der Waals surface area contributed by atoms with Gasteiger partial charge in [0, 0.05) is 61.7 Å². The number of ether oxygens (including phenoxy) is 1. The summed E-state index contributed by atoms with van der Waals surface area (Å²) in [5, 5.41) is 40.9. The summed E-state index contributed by atoms with van der Waals surface area (Å²) < 4.78 is 30.8. The minimum atomic E-state index is -3.33. The van der Waals surface area contributed by atoms with Crippen LogP contribution in [0.3, 0.4) is 0 Å². The normalized spacial score (nSPS) is 28.0. The van der Waals surface area contributed by atoms with Crippen molar-refractivity contribution in [3.63, 3.8) is 0 Å². The van der Waals surface area contributed by atoms with Crippen molar-refractivity contribution in [2.75, 3.05) is 64.9 Å². The predicted molar refractivity (Wildman–Crippen MR) is 215 cm³/mol. The largest absolute Gasteiger partial charge is 0.493 e. The number of aliphatic hydroxyl groups is 3. The van der Waals surface area contributed by atoms with Crippen LogP contribution in [0.15, 0.2) is 36.4 Å². The molecule has 0 radical (unpaired) electrons. The zero-order chi connectivity index (χ0) is 40.6. The number of hydroxylamine groups is 2. The number of amides is 1. The minimum Gasteiger partial charge on any atom is -0.493 e. The molecule has 1 amide bonds. The average Bonchev–Trinajstić information content (AvgIpc) is 3.47. The summed E-state index contributed by atoms with van der Waals surface area (Å²) >= 11 is 0. The zero-order valence-electron chi connectivity index (χ0n) is 34.3. The van der Waals surface area contributed by atoms with Crippen LogP contribution in [0.5, 0.6) is 5.75 Å². The first-order valence-corrected chi connectivity index (χ1v) is 21.7. The molecule has 2 aromatic rings. The molecule has 1 saturated heterocycles. The van der Waals surface area contributed by atoms with Crippen molar-refractivity contribution in [3.05, 3.63) is 47.5 Å². The maximum atomic E-state index is 14.3. The highest BCUT2D eigenvalue weighted by Gasteiger charge is 2.57. The molecule has 6 rings (SSSR count).